The molecule has 0 amide bonds. The van der Waals surface area contributed by atoms with Crippen LogP contribution in [0.2, 0.25) is 0 Å². The first-order chi connectivity index (χ1) is 7.13. The van der Waals surface area contributed by atoms with Crippen molar-refractivity contribution in [2.24, 2.45) is 12.8 Å². The molecule has 0 unspecified atom stereocenters. The maximum absolute atomic E-state index is 5.61. The topological polar surface area (TPSA) is 43.8 Å². The smallest absolute Gasteiger partial charge is 0.112 e. The highest BCUT2D eigenvalue weighted by molar-refractivity contribution is 5.76. The Balaban J connectivity index is 2.65. The Hall–Kier alpha value is -1.35. The third-order valence-electron chi connectivity index (χ3n) is 2.73. The minimum atomic E-state index is 0.448. The molecule has 1 aromatic carbocycles. The van der Waals surface area contributed by atoms with Crippen LogP contribution in [0.5, 0.6) is 0 Å². The van der Waals surface area contributed by atoms with Crippen molar-refractivity contribution in [3.63, 3.8) is 0 Å². The van der Waals surface area contributed by atoms with E-state index in [0.717, 1.165) is 16.9 Å². The van der Waals surface area contributed by atoms with E-state index in [0.29, 0.717) is 12.5 Å². The first-order valence-corrected chi connectivity index (χ1v) is 5.28. The van der Waals surface area contributed by atoms with Crippen molar-refractivity contribution in [1.82, 2.24) is 9.55 Å². The number of hydrogen-bond donors (Lipinski definition) is 1. The molecule has 0 saturated heterocycles. The molecule has 0 atom stereocenters. The number of nitrogens with two attached hydrogens (primary N) is 1. The van der Waals surface area contributed by atoms with Gasteiger partial charge in [0.25, 0.3) is 0 Å². The Kier molecular flexibility index (Phi) is 2.49. The SMILES string of the molecule is CC(C)c1nc2cc(CN)ccc2n1C. The quantitative estimate of drug-likeness (QED) is 0.812. The highest BCUT2D eigenvalue weighted by Gasteiger charge is 2.10. The number of nitrogens with zero attached hydrogens (tertiary/aromatic N) is 2. The fourth-order valence-electron chi connectivity index (χ4n) is 1.91. The van der Waals surface area contributed by atoms with Gasteiger partial charge in [-0.05, 0) is 17.7 Å². The Labute approximate surface area is 89.9 Å². The second-order valence-corrected chi connectivity index (χ2v) is 4.21. The van der Waals surface area contributed by atoms with E-state index in [9.17, 15) is 0 Å². The van der Waals surface area contributed by atoms with E-state index >= 15 is 0 Å². The standard InChI is InChI=1S/C12H17N3/c1-8(2)12-14-10-6-9(7-13)4-5-11(10)15(12)3/h4-6,8H,7,13H2,1-3H3. The highest BCUT2D eigenvalue weighted by atomic mass is 15.1. The van der Waals surface area contributed by atoms with Crippen LogP contribution >= 0.6 is 0 Å². The van der Waals surface area contributed by atoms with Crippen LogP contribution in [-0.2, 0) is 13.6 Å². The predicted octanol–water partition coefficient (Wildman–Crippen LogP) is 2.16. The van der Waals surface area contributed by atoms with Crippen LogP contribution in [0.25, 0.3) is 11.0 Å². The van der Waals surface area contributed by atoms with Gasteiger partial charge in [-0.3, -0.25) is 0 Å². The average Bonchev–Trinajstić information content (AvgIpc) is 2.55. The summed E-state index contributed by atoms with van der Waals surface area (Å²) in [5.41, 5.74) is 8.97. The van der Waals surface area contributed by atoms with Crippen molar-refractivity contribution in [2.45, 2.75) is 26.3 Å². The first kappa shape index (κ1) is 10.2. The molecule has 2 rings (SSSR count). The maximum atomic E-state index is 5.61. The largest absolute Gasteiger partial charge is 0.331 e. The Morgan fingerprint density at radius 1 is 1.40 bits per heavy atom. The summed E-state index contributed by atoms with van der Waals surface area (Å²) in [7, 11) is 2.06. The van der Waals surface area contributed by atoms with Crippen LogP contribution in [0.15, 0.2) is 18.2 Å². The van der Waals surface area contributed by atoms with Gasteiger partial charge in [0.05, 0.1) is 11.0 Å². The minimum Gasteiger partial charge on any atom is -0.331 e. The first-order valence-electron chi connectivity index (χ1n) is 5.28. The van der Waals surface area contributed by atoms with Crippen LogP contribution in [0.1, 0.15) is 31.2 Å². The van der Waals surface area contributed by atoms with Crippen molar-refractivity contribution >= 4 is 11.0 Å². The van der Waals surface area contributed by atoms with Gasteiger partial charge in [0.1, 0.15) is 5.82 Å². The second-order valence-electron chi connectivity index (χ2n) is 4.21. The van der Waals surface area contributed by atoms with Gasteiger partial charge in [-0.1, -0.05) is 19.9 Å². The average molecular weight is 203 g/mol. The zero-order valence-corrected chi connectivity index (χ0v) is 9.49. The van der Waals surface area contributed by atoms with Crippen LogP contribution in [0, 0.1) is 0 Å². The fraction of sp³-hybridized carbons (Fsp3) is 0.417. The molecule has 0 saturated carbocycles. The zero-order chi connectivity index (χ0) is 11.0. The maximum Gasteiger partial charge on any atom is 0.112 e. The second kappa shape index (κ2) is 3.66. The molecule has 3 nitrogen and oxygen atoms in total. The molecule has 0 aliphatic rings. The molecule has 1 heterocycles. The van der Waals surface area contributed by atoms with Crippen LogP contribution in [0.3, 0.4) is 0 Å². The summed E-state index contributed by atoms with van der Waals surface area (Å²) in [5.74, 6) is 1.57. The molecule has 1 aromatic heterocycles. The fourth-order valence-corrected chi connectivity index (χ4v) is 1.91. The summed E-state index contributed by atoms with van der Waals surface area (Å²) in [6.07, 6.45) is 0. The Morgan fingerprint density at radius 2 is 2.13 bits per heavy atom. The van der Waals surface area contributed by atoms with Gasteiger partial charge in [-0.15, -0.1) is 0 Å². The lowest BCUT2D eigenvalue weighted by atomic mass is 10.2. The van der Waals surface area contributed by atoms with Crippen LogP contribution in [0.4, 0.5) is 0 Å². The number of hydrogen-bond acceptors (Lipinski definition) is 2. The lowest BCUT2D eigenvalue weighted by Crippen LogP contribution is -1.99. The van der Waals surface area contributed by atoms with E-state index in [1.807, 2.05) is 0 Å². The molecule has 0 radical (unpaired) electrons. The molecule has 15 heavy (non-hydrogen) atoms. The Morgan fingerprint density at radius 3 is 2.73 bits per heavy atom. The Bertz CT molecular complexity index is 483. The van der Waals surface area contributed by atoms with Crippen molar-refractivity contribution in [3.05, 3.63) is 29.6 Å². The molecular formula is C12H17N3. The summed E-state index contributed by atoms with van der Waals surface area (Å²) in [6, 6.07) is 6.23. The van der Waals surface area contributed by atoms with Gasteiger partial charge in [-0.25, -0.2) is 4.98 Å². The third-order valence-corrected chi connectivity index (χ3v) is 2.73. The molecule has 80 valence electrons. The zero-order valence-electron chi connectivity index (χ0n) is 9.49. The van der Waals surface area contributed by atoms with Gasteiger partial charge in [0.2, 0.25) is 0 Å². The van der Waals surface area contributed by atoms with Gasteiger partial charge in [0, 0.05) is 19.5 Å². The van der Waals surface area contributed by atoms with E-state index in [2.05, 4.69) is 48.6 Å². The molecule has 0 aliphatic heterocycles. The number of rotatable bonds is 2. The van der Waals surface area contributed by atoms with E-state index in [1.165, 1.54) is 5.52 Å². The van der Waals surface area contributed by atoms with Crippen molar-refractivity contribution in [3.8, 4) is 0 Å². The number of fused-ring (bicyclic) bond motifs is 1. The van der Waals surface area contributed by atoms with Gasteiger partial charge in [0.15, 0.2) is 0 Å². The van der Waals surface area contributed by atoms with Gasteiger partial charge in [-0.2, -0.15) is 0 Å². The number of imidazole rings is 1. The summed E-state index contributed by atoms with van der Waals surface area (Å²) in [5, 5.41) is 0. The van der Waals surface area contributed by atoms with E-state index in [-0.39, 0.29) is 0 Å². The minimum absolute atomic E-state index is 0.448. The normalized spacial score (nSPS) is 11.5. The summed E-state index contributed by atoms with van der Waals surface area (Å²) >= 11 is 0. The van der Waals surface area contributed by atoms with E-state index < -0.39 is 0 Å². The van der Waals surface area contributed by atoms with E-state index in [4.69, 9.17) is 5.73 Å². The monoisotopic (exact) mass is 203 g/mol. The van der Waals surface area contributed by atoms with E-state index in [1.54, 1.807) is 0 Å². The lowest BCUT2D eigenvalue weighted by molar-refractivity contribution is 0.722. The van der Waals surface area contributed by atoms with Crippen molar-refractivity contribution in [2.75, 3.05) is 0 Å². The van der Waals surface area contributed by atoms with Crippen LogP contribution in [-0.4, -0.2) is 9.55 Å². The molecule has 2 aromatic rings. The van der Waals surface area contributed by atoms with Crippen molar-refractivity contribution < 1.29 is 0 Å². The van der Waals surface area contributed by atoms with Gasteiger partial charge < -0.3 is 10.3 Å². The molecule has 0 fully saturated rings. The molecule has 3 heteroatoms. The summed E-state index contributed by atoms with van der Waals surface area (Å²) in [6.45, 7) is 4.89. The number of aryl methyl sites for hydroxylation is 1. The highest BCUT2D eigenvalue weighted by Crippen LogP contribution is 2.21. The molecule has 0 aliphatic carbocycles. The molecular weight excluding hydrogens is 186 g/mol. The summed E-state index contributed by atoms with van der Waals surface area (Å²) < 4.78 is 2.15. The molecule has 0 spiro atoms. The number of aromatic nitrogens is 2. The molecule has 2 N–H and O–H groups in total. The third kappa shape index (κ3) is 1.63. The van der Waals surface area contributed by atoms with Crippen molar-refractivity contribution in [1.29, 1.82) is 0 Å². The summed E-state index contributed by atoms with van der Waals surface area (Å²) in [4.78, 5) is 4.63. The lowest BCUT2D eigenvalue weighted by Gasteiger charge is -2.04. The molecule has 0 bridgehead atoms. The number of benzene rings is 1. The predicted molar refractivity (Wildman–Crippen MR) is 62.7 cm³/mol. The van der Waals surface area contributed by atoms with Gasteiger partial charge >= 0.3 is 0 Å². The van der Waals surface area contributed by atoms with Crippen LogP contribution < -0.4 is 5.73 Å².